The smallest absolute Gasteiger partial charge is 0.354 e. The van der Waals surface area contributed by atoms with Crippen molar-refractivity contribution in [3.05, 3.63) is 23.4 Å². The van der Waals surface area contributed by atoms with Gasteiger partial charge in [-0.25, -0.2) is 4.98 Å². The third-order valence-electron chi connectivity index (χ3n) is 3.20. The lowest BCUT2D eigenvalue weighted by Gasteiger charge is -2.30. The van der Waals surface area contributed by atoms with Gasteiger partial charge < -0.3 is 10.6 Å². The standard InChI is InChI=1S/C13H20F3N3/c1-4-9(3)19(5-2)12-10(8-17)6-7-11(18-12)13(14,15)16/h6-7,9H,4-5,8,17H2,1-3H3. The van der Waals surface area contributed by atoms with Crippen LogP contribution in [-0.4, -0.2) is 17.6 Å². The molecule has 0 amide bonds. The van der Waals surface area contributed by atoms with E-state index < -0.39 is 11.9 Å². The molecule has 3 nitrogen and oxygen atoms in total. The van der Waals surface area contributed by atoms with E-state index in [2.05, 4.69) is 4.98 Å². The summed E-state index contributed by atoms with van der Waals surface area (Å²) in [4.78, 5) is 5.63. The Labute approximate surface area is 111 Å². The van der Waals surface area contributed by atoms with Gasteiger partial charge in [-0.2, -0.15) is 13.2 Å². The van der Waals surface area contributed by atoms with Crippen LogP contribution in [0.2, 0.25) is 0 Å². The van der Waals surface area contributed by atoms with Crippen LogP contribution in [0.15, 0.2) is 12.1 Å². The number of rotatable bonds is 5. The van der Waals surface area contributed by atoms with Crippen molar-refractivity contribution in [1.82, 2.24) is 4.98 Å². The first kappa shape index (κ1) is 15.8. The highest BCUT2D eigenvalue weighted by Gasteiger charge is 2.33. The highest BCUT2D eigenvalue weighted by molar-refractivity contribution is 5.49. The molecule has 0 bridgehead atoms. The highest BCUT2D eigenvalue weighted by atomic mass is 19.4. The zero-order chi connectivity index (χ0) is 14.6. The summed E-state index contributed by atoms with van der Waals surface area (Å²) in [5.41, 5.74) is 5.36. The number of hydrogen-bond donors (Lipinski definition) is 1. The second-order valence-corrected chi connectivity index (χ2v) is 4.42. The number of aromatic nitrogens is 1. The molecule has 1 atom stereocenters. The quantitative estimate of drug-likeness (QED) is 0.897. The van der Waals surface area contributed by atoms with E-state index in [-0.39, 0.29) is 12.6 Å². The van der Waals surface area contributed by atoms with Gasteiger partial charge in [0.25, 0.3) is 0 Å². The zero-order valence-electron chi connectivity index (χ0n) is 11.5. The van der Waals surface area contributed by atoms with E-state index in [1.165, 1.54) is 6.07 Å². The molecule has 108 valence electrons. The van der Waals surface area contributed by atoms with Gasteiger partial charge in [-0.05, 0) is 26.3 Å². The monoisotopic (exact) mass is 275 g/mol. The molecular weight excluding hydrogens is 255 g/mol. The van der Waals surface area contributed by atoms with Gasteiger partial charge in [0.15, 0.2) is 0 Å². The number of halogens is 3. The summed E-state index contributed by atoms with van der Waals surface area (Å²) in [6.07, 6.45) is -3.60. The van der Waals surface area contributed by atoms with E-state index in [4.69, 9.17) is 5.73 Å². The molecule has 0 saturated heterocycles. The molecule has 0 saturated carbocycles. The minimum atomic E-state index is -4.43. The molecule has 19 heavy (non-hydrogen) atoms. The lowest BCUT2D eigenvalue weighted by atomic mass is 10.1. The minimum absolute atomic E-state index is 0.117. The summed E-state index contributed by atoms with van der Waals surface area (Å²) in [7, 11) is 0. The molecule has 0 fully saturated rings. The molecule has 0 aromatic carbocycles. The van der Waals surface area contributed by atoms with Crippen molar-refractivity contribution in [1.29, 1.82) is 0 Å². The van der Waals surface area contributed by atoms with E-state index >= 15 is 0 Å². The summed E-state index contributed by atoms with van der Waals surface area (Å²) in [5, 5.41) is 0. The number of pyridine rings is 1. The number of anilines is 1. The van der Waals surface area contributed by atoms with Crippen LogP contribution in [0.5, 0.6) is 0 Å². The minimum Gasteiger partial charge on any atom is -0.354 e. The molecule has 1 unspecified atom stereocenters. The van der Waals surface area contributed by atoms with Gasteiger partial charge in [0.2, 0.25) is 0 Å². The van der Waals surface area contributed by atoms with Crippen molar-refractivity contribution in [3.8, 4) is 0 Å². The first-order valence-corrected chi connectivity index (χ1v) is 6.38. The molecule has 1 aromatic rings. The van der Waals surface area contributed by atoms with Crippen LogP contribution < -0.4 is 10.6 Å². The second kappa shape index (κ2) is 6.23. The van der Waals surface area contributed by atoms with Crippen molar-refractivity contribution in [2.75, 3.05) is 11.4 Å². The largest absolute Gasteiger partial charge is 0.433 e. The summed E-state index contributed by atoms with van der Waals surface area (Å²) in [6, 6.07) is 2.51. The number of nitrogens with zero attached hydrogens (tertiary/aromatic N) is 2. The van der Waals surface area contributed by atoms with Crippen molar-refractivity contribution >= 4 is 5.82 Å². The summed E-state index contributed by atoms with van der Waals surface area (Å²) in [5.74, 6) is 0.342. The maximum absolute atomic E-state index is 12.7. The Hall–Kier alpha value is -1.30. The molecule has 0 aliphatic heterocycles. The van der Waals surface area contributed by atoms with E-state index in [0.717, 1.165) is 12.5 Å². The molecule has 0 aliphatic rings. The predicted molar refractivity (Wildman–Crippen MR) is 69.9 cm³/mol. The van der Waals surface area contributed by atoms with Gasteiger partial charge in [0.05, 0.1) is 0 Å². The van der Waals surface area contributed by atoms with E-state index in [1.54, 1.807) is 0 Å². The molecule has 1 aromatic heterocycles. The summed E-state index contributed by atoms with van der Waals surface area (Å²) < 4.78 is 38.2. The third-order valence-corrected chi connectivity index (χ3v) is 3.20. The number of nitrogens with two attached hydrogens (primary N) is 1. The van der Waals surface area contributed by atoms with E-state index in [0.29, 0.717) is 17.9 Å². The fourth-order valence-electron chi connectivity index (χ4n) is 1.93. The van der Waals surface area contributed by atoms with Crippen molar-refractivity contribution in [2.45, 2.75) is 46.0 Å². The molecule has 0 aliphatic carbocycles. The fraction of sp³-hybridized carbons (Fsp3) is 0.615. The van der Waals surface area contributed by atoms with Crippen LogP contribution in [-0.2, 0) is 12.7 Å². The molecular formula is C13H20F3N3. The lowest BCUT2D eigenvalue weighted by molar-refractivity contribution is -0.141. The summed E-state index contributed by atoms with van der Waals surface area (Å²) in [6.45, 7) is 6.62. The Morgan fingerprint density at radius 1 is 1.32 bits per heavy atom. The van der Waals surface area contributed by atoms with Crippen LogP contribution in [0, 0.1) is 0 Å². The highest BCUT2D eigenvalue weighted by Crippen LogP contribution is 2.31. The maximum Gasteiger partial charge on any atom is 0.433 e. The Bertz CT molecular complexity index is 418. The van der Waals surface area contributed by atoms with Gasteiger partial charge in [-0.3, -0.25) is 0 Å². The Kier molecular flexibility index (Phi) is 5.17. The van der Waals surface area contributed by atoms with Crippen LogP contribution in [0.4, 0.5) is 19.0 Å². The molecule has 0 spiro atoms. The normalized spacial score (nSPS) is 13.4. The SMILES string of the molecule is CCC(C)N(CC)c1nc(C(F)(F)F)ccc1CN. The third kappa shape index (κ3) is 3.59. The van der Waals surface area contributed by atoms with E-state index in [9.17, 15) is 13.2 Å². The molecule has 1 heterocycles. The Morgan fingerprint density at radius 3 is 2.37 bits per heavy atom. The fourth-order valence-corrected chi connectivity index (χ4v) is 1.93. The Balaban J connectivity index is 3.29. The first-order valence-electron chi connectivity index (χ1n) is 6.38. The molecule has 6 heteroatoms. The van der Waals surface area contributed by atoms with Crippen LogP contribution >= 0.6 is 0 Å². The Morgan fingerprint density at radius 2 is 1.95 bits per heavy atom. The van der Waals surface area contributed by atoms with Gasteiger partial charge in [0.1, 0.15) is 11.5 Å². The van der Waals surface area contributed by atoms with Gasteiger partial charge >= 0.3 is 6.18 Å². The zero-order valence-corrected chi connectivity index (χ0v) is 11.5. The average Bonchev–Trinajstić information content (AvgIpc) is 2.38. The molecule has 2 N–H and O–H groups in total. The molecule has 0 radical (unpaired) electrons. The lowest BCUT2D eigenvalue weighted by Crippen LogP contribution is -2.34. The topological polar surface area (TPSA) is 42.2 Å². The van der Waals surface area contributed by atoms with Crippen LogP contribution in [0.3, 0.4) is 0 Å². The van der Waals surface area contributed by atoms with E-state index in [1.807, 2.05) is 25.7 Å². The maximum atomic E-state index is 12.7. The predicted octanol–water partition coefficient (Wildman–Crippen LogP) is 3.18. The molecule has 1 rings (SSSR count). The average molecular weight is 275 g/mol. The van der Waals surface area contributed by atoms with Gasteiger partial charge in [-0.1, -0.05) is 13.0 Å². The van der Waals surface area contributed by atoms with Crippen molar-refractivity contribution in [2.24, 2.45) is 5.73 Å². The van der Waals surface area contributed by atoms with Crippen molar-refractivity contribution < 1.29 is 13.2 Å². The van der Waals surface area contributed by atoms with Crippen LogP contribution in [0.1, 0.15) is 38.4 Å². The number of alkyl halides is 3. The first-order chi connectivity index (χ1) is 8.85. The summed E-state index contributed by atoms with van der Waals surface area (Å²) >= 11 is 0. The second-order valence-electron chi connectivity index (χ2n) is 4.42. The van der Waals surface area contributed by atoms with Crippen molar-refractivity contribution in [3.63, 3.8) is 0 Å². The van der Waals surface area contributed by atoms with Gasteiger partial charge in [-0.15, -0.1) is 0 Å². The number of hydrogen-bond acceptors (Lipinski definition) is 3. The van der Waals surface area contributed by atoms with Gasteiger partial charge in [0, 0.05) is 24.7 Å². The van der Waals surface area contributed by atoms with Crippen LogP contribution in [0.25, 0.3) is 0 Å².